The second-order valence-corrected chi connectivity index (χ2v) is 9.93. The van der Waals surface area contributed by atoms with Gasteiger partial charge in [0.15, 0.2) is 0 Å². The highest BCUT2D eigenvalue weighted by molar-refractivity contribution is 7.15. The highest BCUT2D eigenvalue weighted by atomic mass is 32.1. The van der Waals surface area contributed by atoms with Crippen LogP contribution >= 0.6 is 11.3 Å². The number of aromatic nitrogens is 4. The van der Waals surface area contributed by atoms with Crippen LogP contribution in [0.3, 0.4) is 0 Å². The van der Waals surface area contributed by atoms with Crippen LogP contribution < -0.4 is 0 Å². The molecular formula is C25H25N5OS. The summed E-state index contributed by atoms with van der Waals surface area (Å²) >= 11 is 1.66. The van der Waals surface area contributed by atoms with Crippen molar-refractivity contribution in [1.29, 1.82) is 0 Å². The molecule has 0 radical (unpaired) electrons. The number of rotatable bonds is 4. The molecule has 0 N–H and O–H groups in total. The molecule has 6 rings (SSSR count). The van der Waals surface area contributed by atoms with E-state index in [2.05, 4.69) is 33.8 Å². The zero-order valence-corrected chi connectivity index (χ0v) is 19.2. The topological polar surface area (TPSA) is 63.9 Å². The Morgan fingerprint density at radius 1 is 1.19 bits per heavy atom. The number of nitrogens with zero attached hydrogens (tertiary/aromatic N) is 5. The minimum absolute atomic E-state index is 0.209. The highest BCUT2D eigenvalue weighted by Gasteiger charge is 2.34. The largest absolute Gasteiger partial charge is 0.335 e. The Bertz CT molecular complexity index is 1350. The summed E-state index contributed by atoms with van der Waals surface area (Å²) in [6.07, 6.45) is 6.82. The summed E-state index contributed by atoms with van der Waals surface area (Å²) in [5, 5.41) is 3.28. The number of fused-ring (bicyclic) bond motifs is 2. The van der Waals surface area contributed by atoms with Gasteiger partial charge in [-0.2, -0.15) is 0 Å². The van der Waals surface area contributed by atoms with E-state index in [9.17, 15) is 4.79 Å². The standard InChI is InChI=1S/C25H25N5OS/c1-3-23(31)29-9-10-30-21(14-29)24(28-25(30)16-7-8-16)18-6-4-5-17-11-20(27-12-19(17)18)22-13-26-15(2)32-22/h4-6,11-13,16H,3,7-10,14H2,1-2H3. The molecule has 6 nitrogen and oxygen atoms in total. The number of carbonyl (C=O) groups is 1. The quantitative estimate of drug-likeness (QED) is 0.437. The lowest BCUT2D eigenvalue weighted by atomic mass is 10.0. The minimum Gasteiger partial charge on any atom is -0.335 e. The third-order valence-electron chi connectivity index (χ3n) is 6.53. The van der Waals surface area contributed by atoms with Gasteiger partial charge in [0.25, 0.3) is 0 Å². The normalized spacial score (nSPS) is 15.9. The van der Waals surface area contributed by atoms with Crippen molar-refractivity contribution >= 4 is 28.0 Å². The summed E-state index contributed by atoms with van der Waals surface area (Å²) in [6, 6.07) is 8.51. The fourth-order valence-electron chi connectivity index (χ4n) is 4.69. The summed E-state index contributed by atoms with van der Waals surface area (Å²) in [6.45, 7) is 6.17. The predicted molar refractivity (Wildman–Crippen MR) is 126 cm³/mol. The monoisotopic (exact) mass is 443 g/mol. The third-order valence-corrected chi connectivity index (χ3v) is 7.46. The second-order valence-electron chi connectivity index (χ2n) is 8.70. The van der Waals surface area contributed by atoms with Gasteiger partial charge >= 0.3 is 0 Å². The molecule has 1 aromatic carbocycles. The Kier molecular flexibility index (Phi) is 4.61. The SMILES string of the molecule is CCC(=O)N1CCn2c(C3CC3)nc(-c3cccc4cc(-c5cnc(C)s5)ncc34)c2C1. The van der Waals surface area contributed by atoms with Gasteiger partial charge in [0.05, 0.1) is 33.5 Å². The molecule has 4 heterocycles. The lowest BCUT2D eigenvalue weighted by Gasteiger charge is -2.29. The summed E-state index contributed by atoms with van der Waals surface area (Å²) in [7, 11) is 0. The Morgan fingerprint density at radius 2 is 2.06 bits per heavy atom. The highest BCUT2D eigenvalue weighted by Crippen LogP contribution is 2.43. The van der Waals surface area contributed by atoms with Crippen molar-refractivity contribution in [3.8, 4) is 21.8 Å². The Morgan fingerprint density at radius 3 is 2.81 bits per heavy atom. The molecule has 3 aromatic heterocycles. The van der Waals surface area contributed by atoms with Crippen LogP contribution in [0, 0.1) is 6.92 Å². The molecule has 1 aliphatic carbocycles. The van der Waals surface area contributed by atoms with Crippen molar-refractivity contribution in [2.75, 3.05) is 6.54 Å². The Hall–Kier alpha value is -3.06. The fourth-order valence-corrected chi connectivity index (χ4v) is 5.44. The molecule has 32 heavy (non-hydrogen) atoms. The first-order valence-electron chi connectivity index (χ1n) is 11.3. The molecule has 0 saturated heterocycles. The molecule has 4 aromatic rings. The van der Waals surface area contributed by atoms with Crippen LogP contribution in [-0.2, 0) is 17.9 Å². The van der Waals surface area contributed by atoms with E-state index in [-0.39, 0.29) is 5.91 Å². The maximum atomic E-state index is 12.4. The van der Waals surface area contributed by atoms with E-state index < -0.39 is 0 Å². The van der Waals surface area contributed by atoms with Crippen molar-refractivity contribution in [2.45, 2.75) is 52.1 Å². The number of thiazole rings is 1. The van der Waals surface area contributed by atoms with Gasteiger partial charge < -0.3 is 9.47 Å². The molecular weight excluding hydrogens is 418 g/mol. The van der Waals surface area contributed by atoms with Crippen LogP contribution in [0.25, 0.3) is 32.6 Å². The number of imidazole rings is 1. The van der Waals surface area contributed by atoms with Gasteiger partial charge in [-0.1, -0.05) is 25.1 Å². The van der Waals surface area contributed by atoms with Crippen LogP contribution in [0.4, 0.5) is 0 Å². The first-order chi connectivity index (χ1) is 15.6. The van der Waals surface area contributed by atoms with E-state index in [1.807, 2.05) is 31.1 Å². The van der Waals surface area contributed by atoms with Crippen molar-refractivity contribution in [3.05, 3.63) is 53.2 Å². The number of benzene rings is 1. The van der Waals surface area contributed by atoms with Gasteiger partial charge in [-0.15, -0.1) is 11.3 Å². The van der Waals surface area contributed by atoms with Gasteiger partial charge in [-0.25, -0.2) is 9.97 Å². The summed E-state index contributed by atoms with van der Waals surface area (Å²) in [5.74, 6) is 1.96. The van der Waals surface area contributed by atoms with Crippen LogP contribution in [-0.4, -0.2) is 36.9 Å². The number of aryl methyl sites for hydroxylation is 1. The van der Waals surface area contributed by atoms with Gasteiger partial charge in [0, 0.05) is 48.8 Å². The summed E-state index contributed by atoms with van der Waals surface area (Å²) in [4.78, 5) is 29.8. The van der Waals surface area contributed by atoms with Crippen molar-refractivity contribution in [1.82, 2.24) is 24.4 Å². The zero-order chi connectivity index (χ0) is 21.8. The molecule has 1 amide bonds. The van der Waals surface area contributed by atoms with Crippen molar-refractivity contribution in [2.24, 2.45) is 0 Å². The molecule has 0 spiro atoms. The first kappa shape index (κ1) is 19.6. The first-order valence-corrected chi connectivity index (χ1v) is 12.1. The predicted octanol–water partition coefficient (Wildman–Crippen LogP) is 5.16. The van der Waals surface area contributed by atoms with E-state index in [0.29, 0.717) is 18.9 Å². The molecule has 1 saturated carbocycles. The maximum Gasteiger partial charge on any atom is 0.222 e. The van der Waals surface area contributed by atoms with Crippen molar-refractivity contribution in [3.63, 3.8) is 0 Å². The molecule has 162 valence electrons. The summed E-state index contributed by atoms with van der Waals surface area (Å²) < 4.78 is 2.38. The number of hydrogen-bond acceptors (Lipinski definition) is 5. The summed E-state index contributed by atoms with van der Waals surface area (Å²) in [5.41, 5.74) is 4.22. The van der Waals surface area contributed by atoms with Crippen molar-refractivity contribution < 1.29 is 4.79 Å². The van der Waals surface area contributed by atoms with Crippen LogP contribution in [0.1, 0.15) is 48.6 Å². The lowest BCUT2D eigenvalue weighted by Crippen LogP contribution is -2.38. The van der Waals surface area contributed by atoms with Crippen LogP contribution in [0.15, 0.2) is 36.7 Å². The number of amides is 1. The van der Waals surface area contributed by atoms with Crippen LogP contribution in [0.2, 0.25) is 0 Å². The van der Waals surface area contributed by atoms with Gasteiger partial charge in [-0.05, 0) is 31.2 Å². The molecule has 0 atom stereocenters. The average Bonchev–Trinajstić information content (AvgIpc) is 3.47. The number of hydrogen-bond donors (Lipinski definition) is 0. The second kappa shape index (κ2) is 7.52. The van der Waals surface area contributed by atoms with E-state index in [1.165, 1.54) is 18.7 Å². The molecule has 1 aliphatic heterocycles. The Balaban J connectivity index is 1.48. The molecule has 2 aliphatic rings. The number of pyridine rings is 1. The van der Waals surface area contributed by atoms with E-state index >= 15 is 0 Å². The zero-order valence-electron chi connectivity index (χ0n) is 18.3. The smallest absolute Gasteiger partial charge is 0.222 e. The maximum absolute atomic E-state index is 12.4. The van der Waals surface area contributed by atoms with E-state index in [4.69, 9.17) is 9.97 Å². The Labute approximate surface area is 191 Å². The van der Waals surface area contributed by atoms with E-state index in [1.54, 1.807) is 11.3 Å². The lowest BCUT2D eigenvalue weighted by molar-refractivity contribution is -0.132. The van der Waals surface area contributed by atoms with E-state index in [0.717, 1.165) is 56.4 Å². The minimum atomic E-state index is 0.209. The molecule has 0 unspecified atom stereocenters. The van der Waals surface area contributed by atoms with Crippen LogP contribution in [0.5, 0.6) is 0 Å². The average molecular weight is 444 g/mol. The molecule has 7 heteroatoms. The van der Waals surface area contributed by atoms with Gasteiger partial charge in [-0.3, -0.25) is 9.78 Å². The van der Waals surface area contributed by atoms with Gasteiger partial charge in [0.1, 0.15) is 5.82 Å². The van der Waals surface area contributed by atoms with Gasteiger partial charge in [0.2, 0.25) is 5.91 Å². The fraction of sp³-hybridized carbons (Fsp3) is 0.360. The molecule has 0 bridgehead atoms. The third kappa shape index (κ3) is 3.23. The molecule has 1 fully saturated rings. The number of carbonyl (C=O) groups excluding carboxylic acids is 1.